The molecule has 0 bridgehead atoms. The van der Waals surface area contributed by atoms with Gasteiger partial charge in [-0.05, 0) is 23.8 Å². The van der Waals surface area contributed by atoms with Crippen LogP contribution in [0, 0.1) is 0 Å². The van der Waals surface area contributed by atoms with Crippen molar-refractivity contribution in [3.8, 4) is 0 Å². The molecule has 0 heterocycles. The Morgan fingerprint density at radius 1 is 1.10 bits per heavy atom. The standard InChI is InChI=1S/C16H18BrN3O/c17-15-9-5-4-6-13(15)12-20(11-10-16(18)19-21)14-7-2-1-3-8-14/h1-9,21H,10-12H2,(H2,18,19). The van der Waals surface area contributed by atoms with Crippen LogP contribution in [-0.2, 0) is 6.54 Å². The summed E-state index contributed by atoms with van der Waals surface area (Å²) in [5, 5.41) is 11.7. The molecule has 0 saturated heterocycles. The molecule has 0 fully saturated rings. The molecule has 21 heavy (non-hydrogen) atoms. The Balaban J connectivity index is 2.18. The maximum Gasteiger partial charge on any atom is 0.140 e. The van der Waals surface area contributed by atoms with Gasteiger partial charge in [0, 0.05) is 29.7 Å². The Morgan fingerprint density at radius 2 is 1.76 bits per heavy atom. The van der Waals surface area contributed by atoms with Gasteiger partial charge < -0.3 is 15.8 Å². The van der Waals surface area contributed by atoms with Crippen LogP contribution >= 0.6 is 15.9 Å². The largest absolute Gasteiger partial charge is 0.409 e. The first-order valence-corrected chi connectivity index (χ1v) is 7.50. The highest BCUT2D eigenvalue weighted by Gasteiger charge is 2.10. The van der Waals surface area contributed by atoms with E-state index in [9.17, 15) is 0 Å². The van der Waals surface area contributed by atoms with Crippen molar-refractivity contribution in [1.29, 1.82) is 0 Å². The van der Waals surface area contributed by atoms with E-state index in [0.717, 1.165) is 16.7 Å². The minimum absolute atomic E-state index is 0.239. The Bertz CT molecular complexity index is 601. The van der Waals surface area contributed by atoms with Crippen molar-refractivity contribution in [2.45, 2.75) is 13.0 Å². The molecule has 5 heteroatoms. The van der Waals surface area contributed by atoms with E-state index in [4.69, 9.17) is 10.9 Å². The highest BCUT2D eigenvalue weighted by atomic mass is 79.9. The third-order valence-corrected chi connectivity index (χ3v) is 3.98. The minimum Gasteiger partial charge on any atom is -0.409 e. The highest BCUT2D eigenvalue weighted by molar-refractivity contribution is 9.10. The molecule has 0 amide bonds. The monoisotopic (exact) mass is 347 g/mol. The van der Waals surface area contributed by atoms with Crippen LogP contribution in [0.3, 0.4) is 0 Å². The fraction of sp³-hybridized carbons (Fsp3) is 0.188. The summed E-state index contributed by atoms with van der Waals surface area (Å²) < 4.78 is 1.08. The average Bonchev–Trinajstić information content (AvgIpc) is 2.53. The molecule has 2 aromatic carbocycles. The zero-order chi connectivity index (χ0) is 15.1. The van der Waals surface area contributed by atoms with E-state index in [2.05, 4.69) is 44.2 Å². The van der Waals surface area contributed by atoms with Crippen molar-refractivity contribution < 1.29 is 5.21 Å². The van der Waals surface area contributed by atoms with Gasteiger partial charge in [-0.25, -0.2) is 0 Å². The highest BCUT2D eigenvalue weighted by Crippen LogP contribution is 2.22. The predicted octanol–water partition coefficient (Wildman–Crippen LogP) is 3.59. The fourth-order valence-corrected chi connectivity index (χ4v) is 2.48. The van der Waals surface area contributed by atoms with Gasteiger partial charge in [-0.3, -0.25) is 0 Å². The van der Waals surface area contributed by atoms with Crippen molar-refractivity contribution in [2.24, 2.45) is 10.9 Å². The Morgan fingerprint density at radius 3 is 2.43 bits per heavy atom. The van der Waals surface area contributed by atoms with E-state index in [1.807, 2.05) is 36.4 Å². The number of para-hydroxylation sites is 1. The molecular formula is C16H18BrN3O. The predicted molar refractivity (Wildman–Crippen MR) is 89.7 cm³/mol. The molecule has 0 aliphatic rings. The van der Waals surface area contributed by atoms with Gasteiger partial charge in [-0.1, -0.05) is 57.5 Å². The first-order valence-electron chi connectivity index (χ1n) is 6.70. The first-order chi connectivity index (χ1) is 10.2. The normalized spacial score (nSPS) is 11.4. The summed E-state index contributed by atoms with van der Waals surface area (Å²) >= 11 is 3.58. The van der Waals surface area contributed by atoms with Crippen LogP contribution in [0.2, 0.25) is 0 Å². The zero-order valence-corrected chi connectivity index (χ0v) is 13.2. The number of nitrogens with two attached hydrogens (primary N) is 1. The quantitative estimate of drug-likeness (QED) is 0.363. The Kier molecular flexibility index (Phi) is 5.63. The van der Waals surface area contributed by atoms with Crippen LogP contribution in [-0.4, -0.2) is 17.6 Å². The van der Waals surface area contributed by atoms with Gasteiger partial charge in [0.05, 0.1) is 0 Å². The Labute approximate surface area is 133 Å². The molecule has 2 aromatic rings. The molecule has 4 nitrogen and oxygen atoms in total. The number of anilines is 1. The zero-order valence-electron chi connectivity index (χ0n) is 11.6. The van der Waals surface area contributed by atoms with Crippen LogP contribution in [0.25, 0.3) is 0 Å². The average molecular weight is 348 g/mol. The van der Waals surface area contributed by atoms with Gasteiger partial charge >= 0.3 is 0 Å². The maximum absolute atomic E-state index is 8.69. The second-order valence-corrected chi connectivity index (χ2v) is 5.54. The van der Waals surface area contributed by atoms with Gasteiger partial charge in [0.25, 0.3) is 0 Å². The molecule has 0 radical (unpaired) electrons. The number of oxime groups is 1. The number of hydrogen-bond acceptors (Lipinski definition) is 3. The third kappa shape index (κ3) is 4.49. The maximum atomic E-state index is 8.69. The molecule has 0 atom stereocenters. The fourth-order valence-electron chi connectivity index (χ4n) is 2.07. The molecule has 0 aliphatic heterocycles. The molecular weight excluding hydrogens is 330 g/mol. The molecule has 0 aromatic heterocycles. The molecule has 0 saturated carbocycles. The SMILES string of the molecule is N/C(CCN(Cc1ccccc1Br)c1ccccc1)=N\O. The van der Waals surface area contributed by atoms with Crippen LogP contribution in [0.5, 0.6) is 0 Å². The number of rotatable bonds is 6. The van der Waals surface area contributed by atoms with E-state index < -0.39 is 0 Å². The van der Waals surface area contributed by atoms with Gasteiger partial charge in [0.2, 0.25) is 0 Å². The molecule has 0 aliphatic carbocycles. The number of halogens is 1. The van der Waals surface area contributed by atoms with Gasteiger partial charge in [0.15, 0.2) is 0 Å². The summed E-state index contributed by atoms with van der Waals surface area (Å²) in [7, 11) is 0. The first kappa shape index (κ1) is 15.4. The van der Waals surface area contributed by atoms with Gasteiger partial charge in [-0.2, -0.15) is 0 Å². The summed E-state index contributed by atoms with van der Waals surface area (Å²) in [5.74, 6) is 0.239. The molecule has 3 N–H and O–H groups in total. The second kappa shape index (κ2) is 7.69. The van der Waals surface area contributed by atoms with E-state index in [1.165, 1.54) is 5.56 Å². The van der Waals surface area contributed by atoms with Crippen LogP contribution < -0.4 is 10.6 Å². The van der Waals surface area contributed by atoms with Gasteiger partial charge in [0.1, 0.15) is 5.84 Å². The summed E-state index contributed by atoms with van der Waals surface area (Å²) in [6.45, 7) is 1.44. The summed E-state index contributed by atoms with van der Waals surface area (Å²) in [5.41, 5.74) is 7.89. The number of benzene rings is 2. The van der Waals surface area contributed by atoms with Crippen molar-refractivity contribution in [3.63, 3.8) is 0 Å². The Hall–Kier alpha value is -2.01. The van der Waals surface area contributed by atoms with Crippen molar-refractivity contribution in [3.05, 3.63) is 64.6 Å². The van der Waals surface area contributed by atoms with Crippen LogP contribution in [0.15, 0.2) is 64.2 Å². The lowest BCUT2D eigenvalue weighted by Gasteiger charge is -2.25. The molecule has 110 valence electrons. The minimum atomic E-state index is 0.239. The van der Waals surface area contributed by atoms with Crippen LogP contribution in [0.1, 0.15) is 12.0 Å². The van der Waals surface area contributed by atoms with Gasteiger partial charge in [-0.15, -0.1) is 0 Å². The number of amidine groups is 1. The van der Waals surface area contributed by atoms with Crippen molar-refractivity contribution in [1.82, 2.24) is 0 Å². The lowest BCUT2D eigenvalue weighted by molar-refractivity contribution is 0.317. The topological polar surface area (TPSA) is 61.8 Å². The van der Waals surface area contributed by atoms with Crippen LogP contribution in [0.4, 0.5) is 5.69 Å². The second-order valence-electron chi connectivity index (χ2n) is 4.69. The van der Waals surface area contributed by atoms with Crippen molar-refractivity contribution in [2.75, 3.05) is 11.4 Å². The lowest BCUT2D eigenvalue weighted by Crippen LogP contribution is -2.28. The molecule has 2 rings (SSSR count). The smallest absolute Gasteiger partial charge is 0.140 e. The summed E-state index contributed by atoms with van der Waals surface area (Å²) in [6.07, 6.45) is 0.510. The molecule has 0 unspecified atom stereocenters. The van der Waals surface area contributed by atoms with E-state index in [0.29, 0.717) is 13.0 Å². The summed E-state index contributed by atoms with van der Waals surface area (Å²) in [6, 6.07) is 18.3. The van der Waals surface area contributed by atoms with E-state index in [1.54, 1.807) is 0 Å². The van der Waals surface area contributed by atoms with Crippen molar-refractivity contribution >= 4 is 27.5 Å². The third-order valence-electron chi connectivity index (χ3n) is 3.21. The lowest BCUT2D eigenvalue weighted by atomic mass is 10.2. The number of hydrogen-bond donors (Lipinski definition) is 2. The summed E-state index contributed by atoms with van der Waals surface area (Å²) in [4.78, 5) is 2.21. The molecule has 0 spiro atoms. The number of nitrogens with zero attached hydrogens (tertiary/aromatic N) is 2. The van der Waals surface area contributed by atoms with E-state index in [-0.39, 0.29) is 5.84 Å². The van der Waals surface area contributed by atoms with E-state index >= 15 is 0 Å².